The fourth-order valence-electron chi connectivity index (χ4n) is 2.09. The standard InChI is InChI=1S/C17H12BrFN4O/c18-13-9-21-17(22-10-13)23-16(24)15-5-4-12(8-20-15)6-11-2-1-3-14(19)7-11/h1-5,7-10H,6H2,(H,21,22,23,24). The largest absolute Gasteiger partial charge is 0.289 e. The van der Waals surface area contributed by atoms with E-state index in [2.05, 4.69) is 36.2 Å². The number of hydrogen-bond acceptors (Lipinski definition) is 4. The van der Waals surface area contributed by atoms with Gasteiger partial charge < -0.3 is 0 Å². The predicted molar refractivity (Wildman–Crippen MR) is 91.1 cm³/mol. The van der Waals surface area contributed by atoms with E-state index in [-0.39, 0.29) is 17.5 Å². The van der Waals surface area contributed by atoms with Crippen LogP contribution >= 0.6 is 15.9 Å². The lowest BCUT2D eigenvalue weighted by Crippen LogP contribution is -2.15. The molecule has 1 N–H and O–H groups in total. The Morgan fingerprint density at radius 2 is 1.83 bits per heavy atom. The van der Waals surface area contributed by atoms with Crippen LogP contribution in [0, 0.1) is 5.82 Å². The van der Waals surface area contributed by atoms with E-state index in [1.165, 1.54) is 24.5 Å². The highest BCUT2D eigenvalue weighted by atomic mass is 79.9. The zero-order valence-electron chi connectivity index (χ0n) is 12.4. The lowest BCUT2D eigenvalue weighted by Gasteiger charge is -2.05. The lowest BCUT2D eigenvalue weighted by atomic mass is 10.1. The number of halogens is 2. The van der Waals surface area contributed by atoms with Gasteiger partial charge in [-0.2, -0.15) is 0 Å². The molecule has 1 amide bonds. The van der Waals surface area contributed by atoms with Crippen molar-refractivity contribution >= 4 is 27.8 Å². The Morgan fingerprint density at radius 1 is 1.04 bits per heavy atom. The lowest BCUT2D eigenvalue weighted by molar-refractivity contribution is 0.102. The maximum absolute atomic E-state index is 13.2. The normalized spacial score (nSPS) is 10.4. The van der Waals surface area contributed by atoms with E-state index < -0.39 is 5.91 Å². The molecule has 3 aromatic rings. The van der Waals surface area contributed by atoms with Crippen LogP contribution in [0.2, 0.25) is 0 Å². The topological polar surface area (TPSA) is 67.8 Å². The van der Waals surface area contributed by atoms with Gasteiger partial charge in [0.25, 0.3) is 5.91 Å². The first-order valence-electron chi connectivity index (χ1n) is 7.08. The van der Waals surface area contributed by atoms with Gasteiger partial charge in [-0.25, -0.2) is 14.4 Å². The minimum Gasteiger partial charge on any atom is -0.289 e. The summed E-state index contributed by atoms with van der Waals surface area (Å²) in [7, 11) is 0. The zero-order valence-corrected chi connectivity index (χ0v) is 14.0. The van der Waals surface area contributed by atoms with E-state index in [9.17, 15) is 9.18 Å². The molecule has 0 aliphatic rings. The van der Waals surface area contributed by atoms with Crippen LogP contribution in [-0.4, -0.2) is 20.9 Å². The van der Waals surface area contributed by atoms with Gasteiger partial charge >= 0.3 is 0 Å². The second kappa shape index (κ2) is 7.27. The SMILES string of the molecule is O=C(Nc1ncc(Br)cn1)c1ccc(Cc2cccc(F)c2)cn1. The van der Waals surface area contributed by atoms with Crippen LogP contribution in [0.1, 0.15) is 21.6 Å². The number of pyridine rings is 1. The molecule has 2 heterocycles. The van der Waals surface area contributed by atoms with Gasteiger partial charge in [0.2, 0.25) is 5.95 Å². The molecule has 24 heavy (non-hydrogen) atoms. The van der Waals surface area contributed by atoms with Gasteiger partial charge in [-0.15, -0.1) is 0 Å². The van der Waals surface area contributed by atoms with E-state index in [0.717, 1.165) is 15.6 Å². The molecule has 0 atom stereocenters. The average molecular weight is 387 g/mol. The number of carbonyl (C=O) groups excluding carboxylic acids is 1. The van der Waals surface area contributed by atoms with Crippen LogP contribution in [0.15, 0.2) is 59.5 Å². The second-order valence-corrected chi connectivity index (χ2v) is 5.95. The fourth-order valence-corrected chi connectivity index (χ4v) is 2.29. The molecule has 0 saturated heterocycles. The van der Waals surface area contributed by atoms with Crippen molar-refractivity contribution in [2.75, 3.05) is 5.32 Å². The monoisotopic (exact) mass is 386 g/mol. The number of benzene rings is 1. The summed E-state index contributed by atoms with van der Waals surface area (Å²) in [4.78, 5) is 24.2. The summed E-state index contributed by atoms with van der Waals surface area (Å²) in [5.74, 6) is -0.463. The van der Waals surface area contributed by atoms with Crippen molar-refractivity contribution in [1.82, 2.24) is 15.0 Å². The number of carbonyl (C=O) groups is 1. The van der Waals surface area contributed by atoms with Gasteiger partial charge in [-0.3, -0.25) is 15.1 Å². The van der Waals surface area contributed by atoms with Gasteiger partial charge in [0.1, 0.15) is 11.5 Å². The molecular weight excluding hydrogens is 375 g/mol. The third-order valence-corrected chi connectivity index (χ3v) is 3.61. The zero-order chi connectivity index (χ0) is 16.9. The molecule has 2 aromatic heterocycles. The predicted octanol–water partition coefficient (Wildman–Crippen LogP) is 3.62. The highest BCUT2D eigenvalue weighted by molar-refractivity contribution is 9.10. The molecule has 0 radical (unpaired) electrons. The minimum absolute atomic E-state index is 0.203. The first kappa shape index (κ1) is 16.2. The van der Waals surface area contributed by atoms with Gasteiger partial charge in [-0.05, 0) is 51.7 Å². The Kier molecular flexibility index (Phi) is 4.90. The third kappa shape index (κ3) is 4.20. The van der Waals surface area contributed by atoms with Crippen molar-refractivity contribution in [2.45, 2.75) is 6.42 Å². The molecule has 7 heteroatoms. The minimum atomic E-state index is -0.394. The molecule has 3 rings (SSSR count). The van der Waals surface area contributed by atoms with Gasteiger partial charge in [0, 0.05) is 18.6 Å². The summed E-state index contributed by atoms with van der Waals surface area (Å²) in [5.41, 5.74) is 1.99. The quantitative estimate of drug-likeness (QED) is 0.743. The summed E-state index contributed by atoms with van der Waals surface area (Å²) in [6, 6.07) is 9.79. The number of aromatic nitrogens is 3. The van der Waals surface area contributed by atoms with E-state index >= 15 is 0 Å². The molecule has 120 valence electrons. The van der Waals surface area contributed by atoms with Gasteiger partial charge in [0.15, 0.2) is 0 Å². The fraction of sp³-hybridized carbons (Fsp3) is 0.0588. The maximum Gasteiger partial charge on any atom is 0.276 e. The van der Waals surface area contributed by atoms with Crippen molar-refractivity contribution < 1.29 is 9.18 Å². The summed E-state index contributed by atoms with van der Waals surface area (Å²) in [6.45, 7) is 0. The average Bonchev–Trinajstić information content (AvgIpc) is 2.57. The van der Waals surface area contributed by atoms with Crippen LogP contribution in [0.25, 0.3) is 0 Å². The molecule has 0 unspecified atom stereocenters. The summed E-state index contributed by atoms with van der Waals surface area (Å²) >= 11 is 3.22. The molecule has 5 nitrogen and oxygen atoms in total. The van der Waals surface area contributed by atoms with E-state index in [1.807, 2.05) is 6.07 Å². The molecule has 0 saturated carbocycles. The van der Waals surface area contributed by atoms with Crippen LogP contribution in [0.4, 0.5) is 10.3 Å². The highest BCUT2D eigenvalue weighted by Crippen LogP contribution is 2.12. The Morgan fingerprint density at radius 3 is 2.50 bits per heavy atom. The molecular formula is C17H12BrFN4O. The number of nitrogens with one attached hydrogen (secondary N) is 1. The van der Waals surface area contributed by atoms with Crippen molar-refractivity contribution in [3.8, 4) is 0 Å². The summed E-state index contributed by atoms with van der Waals surface area (Å²) < 4.78 is 13.9. The van der Waals surface area contributed by atoms with Crippen molar-refractivity contribution in [3.63, 3.8) is 0 Å². The summed E-state index contributed by atoms with van der Waals surface area (Å²) in [6.07, 6.45) is 5.22. The Hall–Kier alpha value is -2.67. The Labute approximate surface area is 146 Å². The number of anilines is 1. The van der Waals surface area contributed by atoms with Crippen LogP contribution in [-0.2, 0) is 6.42 Å². The Bertz CT molecular complexity index is 853. The molecule has 0 aliphatic heterocycles. The van der Waals surface area contributed by atoms with Crippen LogP contribution in [0.5, 0.6) is 0 Å². The van der Waals surface area contributed by atoms with Crippen molar-refractivity contribution in [2.24, 2.45) is 0 Å². The van der Waals surface area contributed by atoms with Crippen LogP contribution < -0.4 is 5.32 Å². The first-order chi connectivity index (χ1) is 11.6. The molecule has 0 spiro atoms. The number of hydrogen-bond donors (Lipinski definition) is 1. The molecule has 1 aromatic carbocycles. The molecule has 0 bridgehead atoms. The molecule has 0 fully saturated rings. The van der Waals surface area contributed by atoms with Crippen molar-refractivity contribution in [3.05, 3.63) is 82.1 Å². The van der Waals surface area contributed by atoms with Crippen molar-refractivity contribution in [1.29, 1.82) is 0 Å². The number of rotatable bonds is 4. The van der Waals surface area contributed by atoms with Crippen LogP contribution in [0.3, 0.4) is 0 Å². The smallest absolute Gasteiger partial charge is 0.276 e. The summed E-state index contributed by atoms with van der Waals surface area (Å²) in [5, 5.41) is 2.57. The highest BCUT2D eigenvalue weighted by Gasteiger charge is 2.09. The maximum atomic E-state index is 13.2. The van der Waals surface area contributed by atoms with Gasteiger partial charge in [-0.1, -0.05) is 18.2 Å². The first-order valence-corrected chi connectivity index (χ1v) is 7.88. The second-order valence-electron chi connectivity index (χ2n) is 5.04. The van der Waals surface area contributed by atoms with Gasteiger partial charge in [0.05, 0.1) is 4.47 Å². The third-order valence-electron chi connectivity index (χ3n) is 3.20. The van der Waals surface area contributed by atoms with E-state index in [4.69, 9.17) is 0 Å². The number of nitrogens with zero attached hydrogens (tertiary/aromatic N) is 3. The Balaban J connectivity index is 1.67. The van der Waals surface area contributed by atoms with E-state index in [1.54, 1.807) is 24.4 Å². The molecule has 0 aliphatic carbocycles. The van der Waals surface area contributed by atoms with E-state index in [0.29, 0.717) is 6.42 Å². The number of amides is 1.